The Hall–Kier alpha value is -3.65. The summed E-state index contributed by atoms with van der Waals surface area (Å²) in [7, 11) is 4.02. The van der Waals surface area contributed by atoms with E-state index in [2.05, 4.69) is 49.0 Å². The predicted molar refractivity (Wildman–Crippen MR) is 124 cm³/mol. The first kappa shape index (κ1) is 20.3. The molecule has 0 aliphatic carbocycles. The molecule has 1 fully saturated rings. The molecule has 3 aromatic heterocycles. The maximum atomic E-state index is 13.0. The van der Waals surface area contributed by atoms with Crippen LogP contribution in [0, 0.1) is 0 Å². The minimum atomic E-state index is -0.0574. The quantitative estimate of drug-likeness (QED) is 0.453. The number of aryl methyl sites for hydroxylation is 1. The summed E-state index contributed by atoms with van der Waals surface area (Å²) in [6.45, 7) is 3.75. The highest BCUT2D eigenvalue weighted by molar-refractivity contribution is 5.96. The highest BCUT2D eigenvalue weighted by Gasteiger charge is 2.18. The Morgan fingerprint density at radius 1 is 0.906 bits per heavy atom. The molecule has 162 valence electrons. The van der Waals surface area contributed by atoms with Crippen LogP contribution < -0.4 is 4.90 Å². The fourth-order valence-electron chi connectivity index (χ4n) is 4.00. The molecule has 0 saturated carbocycles. The monoisotopic (exact) mass is 427 g/mol. The summed E-state index contributed by atoms with van der Waals surface area (Å²) in [6, 6.07) is 10.00. The first-order valence-electron chi connectivity index (χ1n) is 10.7. The number of rotatable bonds is 5. The number of carbonyl (C=O) groups excluding carboxylic acids is 1. The minimum Gasteiger partial charge on any atom is -0.354 e. The van der Waals surface area contributed by atoms with Crippen molar-refractivity contribution in [3.63, 3.8) is 0 Å². The number of piperazine rings is 1. The van der Waals surface area contributed by atoms with E-state index >= 15 is 0 Å². The van der Waals surface area contributed by atoms with Crippen molar-refractivity contribution in [2.75, 3.05) is 38.1 Å². The largest absolute Gasteiger partial charge is 0.354 e. The van der Waals surface area contributed by atoms with Crippen molar-refractivity contribution in [3.05, 3.63) is 66.6 Å². The molecule has 0 spiro atoms. The zero-order valence-electron chi connectivity index (χ0n) is 18.3. The van der Waals surface area contributed by atoms with Crippen LogP contribution in [0.1, 0.15) is 16.2 Å². The van der Waals surface area contributed by atoms with E-state index < -0.39 is 0 Å². The molecular weight excluding hydrogens is 402 g/mol. The van der Waals surface area contributed by atoms with Crippen LogP contribution in [0.2, 0.25) is 0 Å². The first-order chi connectivity index (χ1) is 15.5. The van der Waals surface area contributed by atoms with Crippen molar-refractivity contribution in [2.24, 2.45) is 7.05 Å². The molecule has 0 N–H and O–H groups in total. The summed E-state index contributed by atoms with van der Waals surface area (Å²) in [6.07, 6.45) is 7.33. The van der Waals surface area contributed by atoms with Gasteiger partial charge in [0.2, 0.25) is 0 Å². The summed E-state index contributed by atoms with van der Waals surface area (Å²) in [5.74, 6) is 0.752. The first-order valence-corrected chi connectivity index (χ1v) is 10.7. The van der Waals surface area contributed by atoms with Crippen molar-refractivity contribution in [3.8, 4) is 11.1 Å². The van der Waals surface area contributed by atoms with E-state index in [1.54, 1.807) is 10.7 Å². The molecule has 0 bridgehead atoms. The van der Waals surface area contributed by atoms with Crippen LogP contribution in [0.25, 0.3) is 21.9 Å². The van der Waals surface area contributed by atoms with E-state index in [0.29, 0.717) is 5.69 Å². The SMILES string of the molecule is CN1CCN(c2cc(C(=O)Cc3cc4cc(-c5cnn(C)c5)ccc4cn3)ncn2)CC1. The zero-order valence-corrected chi connectivity index (χ0v) is 18.3. The van der Waals surface area contributed by atoms with Crippen molar-refractivity contribution in [1.82, 2.24) is 29.6 Å². The van der Waals surface area contributed by atoms with Gasteiger partial charge < -0.3 is 9.80 Å². The highest BCUT2D eigenvalue weighted by Crippen LogP contribution is 2.24. The second-order valence-corrected chi connectivity index (χ2v) is 8.29. The smallest absolute Gasteiger partial charge is 0.187 e. The van der Waals surface area contributed by atoms with Crippen LogP contribution in [0.5, 0.6) is 0 Å². The number of pyridine rings is 1. The number of hydrogen-bond donors (Lipinski definition) is 0. The number of anilines is 1. The van der Waals surface area contributed by atoms with Crippen molar-refractivity contribution >= 4 is 22.4 Å². The minimum absolute atomic E-state index is 0.0574. The summed E-state index contributed by atoms with van der Waals surface area (Å²) in [4.78, 5) is 30.6. The number of ketones is 1. The molecule has 1 aliphatic rings. The number of aromatic nitrogens is 5. The number of carbonyl (C=O) groups is 1. The molecule has 0 amide bonds. The third-order valence-electron chi connectivity index (χ3n) is 5.92. The molecule has 1 aliphatic heterocycles. The lowest BCUT2D eigenvalue weighted by atomic mass is 10.0. The van der Waals surface area contributed by atoms with Crippen molar-refractivity contribution in [1.29, 1.82) is 0 Å². The summed E-state index contributed by atoms with van der Waals surface area (Å²) in [5, 5.41) is 6.33. The average molecular weight is 428 g/mol. The van der Waals surface area contributed by atoms with E-state index in [1.807, 2.05) is 37.8 Å². The van der Waals surface area contributed by atoms with Gasteiger partial charge in [0.1, 0.15) is 17.8 Å². The van der Waals surface area contributed by atoms with Gasteiger partial charge in [0, 0.05) is 68.3 Å². The van der Waals surface area contributed by atoms with Crippen LogP contribution in [-0.2, 0) is 13.5 Å². The van der Waals surface area contributed by atoms with Crippen LogP contribution >= 0.6 is 0 Å². The second-order valence-electron chi connectivity index (χ2n) is 8.29. The van der Waals surface area contributed by atoms with Crippen molar-refractivity contribution < 1.29 is 4.79 Å². The molecular formula is C24H25N7O. The number of hydrogen-bond acceptors (Lipinski definition) is 7. The lowest BCUT2D eigenvalue weighted by molar-refractivity contribution is 0.0987. The molecule has 0 unspecified atom stereocenters. The fraction of sp³-hybridized carbons (Fsp3) is 0.292. The molecule has 8 heteroatoms. The van der Waals surface area contributed by atoms with E-state index in [4.69, 9.17) is 0 Å². The molecule has 1 saturated heterocycles. The Bertz CT molecular complexity index is 1270. The fourth-order valence-corrected chi connectivity index (χ4v) is 4.00. The van der Waals surface area contributed by atoms with Crippen molar-refractivity contribution in [2.45, 2.75) is 6.42 Å². The van der Waals surface area contributed by atoms with Crippen LogP contribution in [0.3, 0.4) is 0 Å². The van der Waals surface area contributed by atoms with E-state index in [1.165, 1.54) is 6.33 Å². The van der Waals surface area contributed by atoms with Crippen LogP contribution in [0.15, 0.2) is 55.2 Å². The van der Waals surface area contributed by atoms with E-state index in [-0.39, 0.29) is 12.2 Å². The number of Topliss-reactive ketones (excluding diaryl/α,β-unsaturated/α-hetero) is 1. The van der Waals surface area contributed by atoms with E-state index in [9.17, 15) is 4.79 Å². The molecule has 32 heavy (non-hydrogen) atoms. The van der Waals surface area contributed by atoms with Gasteiger partial charge >= 0.3 is 0 Å². The molecule has 0 atom stereocenters. The molecule has 4 heterocycles. The Kier molecular flexibility index (Phi) is 5.36. The molecule has 4 aromatic rings. The van der Waals surface area contributed by atoms with Gasteiger partial charge in [-0.3, -0.25) is 14.5 Å². The lowest BCUT2D eigenvalue weighted by Gasteiger charge is -2.33. The van der Waals surface area contributed by atoms with Gasteiger partial charge in [-0.05, 0) is 30.1 Å². The maximum absolute atomic E-state index is 13.0. The molecule has 8 nitrogen and oxygen atoms in total. The molecule has 0 radical (unpaired) electrons. The van der Waals surface area contributed by atoms with Crippen LogP contribution in [-0.4, -0.2) is 68.6 Å². The Morgan fingerprint density at radius 2 is 1.75 bits per heavy atom. The Morgan fingerprint density at radius 3 is 2.53 bits per heavy atom. The number of nitrogens with zero attached hydrogens (tertiary/aromatic N) is 7. The average Bonchev–Trinajstić information content (AvgIpc) is 3.25. The van der Waals surface area contributed by atoms with E-state index in [0.717, 1.165) is 59.6 Å². The molecule has 5 rings (SSSR count). The highest BCUT2D eigenvalue weighted by atomic mass is 16.1. The lowest BCUT2D eigenvalue weighted by Crippen LogP contribution is -2.44. The van der Waals surface area contributed by atoms with Gasteiger partial charge in [-0.1, -0.05) is 12.1 Å². The standard InChI is InChI=1S/C24H25N7O/c1-29-5-7-31(8-6-29)24-12-22(26-16-27-24)23(32)11-21-10-19-9-17(3-4-18(19)13-25-21)20-14-28-30(2)15-20/h3-4,9-10,12-16H,5-8,11H2,1-2H3. The summed E-state index contributed by atoms with van der Waals surface area (Å²) < 4.78 is 1.79. The summed E-state index contributed by atoms with van der Waals surface area (Å²) >= 11 is 0. The van der Waals surface area contributed by atoms with Gasteiger partial charge in [-0.2, -0.15) is 5.10 Å². The maximum Gasteiger partial charge on any atom is 0.187 e. The van der Waals surface area contributed by atoms with Gasteiger partial charge in [-0.25, -0.2) is 9.97 Å². The number of benzene rings is 1. The number of fused-ring (bicyclic) bond motifs is 1. The Labute approximate surface area is 186 Å². The second kappa shape index (κ2) is 8.47. The van der Waals surface area contributed by atoms with Gasteiger partial charge in [0.05, 0.1) is 12.6 Å². The molecule has 1 aromatic carbocycles. The van der Waals surface area contributed by atoms with Gasteiger partial charge in [-0.15, -0.1) is 0 Å². The predicted octanol–water partition coefficient (Wildman–Crippen LogP) is 2.60. The zero-order chi connectivity index (χ0) is 22.1. The normalized spacial score (nSPS) is 14.8. The van der Waals surface area contributed by atoms with Gasteiger partial charge in [0.25, 0.3) is 0 Å². The van der Waals surface area contributed by atoms with Gasteiger partial charge in [0.15, 0.2) is 5.78 Å². The number of likely N-dealkylation sites (N-methyl/N-ethyl adjacent to an activating group) is 1. The topological polar surface area (TPSA) is 80.0 Å². The van der Waals surface area contributed by atoms with Crippen LogP contribution in [0.4, 0.5) is 5.82 Å². The summed E-state index contributed by atoms with van der Waals surface area (Å²) in [5.41, 5.74) is 3.30. The third-order valence-corrected chi connectivity index (χ3v) is 5.92. The Balaban J connectivity index is 1.36. The third kappa shape index (κ3) is 4.22.